The molecule has 9 heteroatoms. The Morgan fingerprint density at radius 3 is 2.27 bits per heavy atom. The molecule has 0 amide bonds. The highest BCUT2D eigenvalue weighted by molar-refractivity contribution is 7.74. The molecule has 0 aromatic heterocycles. The van der Waals surface area contributed by atoms with E-state index in [0.29, 0.717) is 0 Å². The Bertz CT molecular complexity index is 238. The second-order valence-electron chi connectivity index (χ2n) is 3.16. The van der Waals surface area contributed by atoms with Crippen LogP contribution < -0.4 is 5.32 Å². The van der Waals surface area contributed by atoms with E-state index in [1.54, 1.807) is 0 Å². The monoisotopic (exact) mass is 243 g/mol. The number of nitrogens with one attached hydrogen (secondary N) is 1. The van der Waals surface area contributed by atoms with Crippen LogP contribution in [0.5, 0.6) is 0 Å². The molecular weight excluding hydrogens is 230 g/mol. The smallest absolute Gasteiger partial charge is 0.303 e. The van der Waals surface area contributed by atoms with Crippen LogP contribution in [0.1, 0.15) is 0 Å². The molecule has 1 aliphatic heterocycles. The highest BCUT2D eigenvalue weighted by Crippen LogP contribution is 2.16. The van der Waals surface area contributed by atoms with Gasteiger partial charge in [0.25, 0.3) is 0 Å². The van der Waals surface area contributed by atoms with Crippen molar-refractivity contribution in [3.05, 3.63) is 0 Å². The van der Waals surface area contributed by atoms with Crippen molar-refractivity contribution in [1.29, 1.82) is 0 Å². The van der Waals surface area contributed by atoms with Crippen molar-refractivity contribution in [2.75, 3.05) is 6.61 Å². The topological polar surface area (TPSA) is 139 Å². The molecule has 6 N–H and O–H groups in total. The van der Waals surface area contributed by atoms with Crippen molar-refractivity contribution in [1.82, 2.24) is 5.32 Å². The number of hydrogen-bond donors (Lipinski definition) is 6. The summed E-state index contributed by atoms with van der Waals surface area (Å²) in [5, 5.41) is 39.2. The van der Waals surface area contributed by atoms with Crippen LogP contribution in [0.2, 0.25) is 0 Å². The van der Waals surface area contributed by atoms with E-state index in [1.165, 1.54) is 0 Å². The molecule has 0 radical (unpaired) electrons. The van der Waals surface area contributed by atoms with Gasteiger partial charge in [-0.1, -0.05) is 0 Å². The molecule has 1 fully saturated rings. The lowest BCUT2D eigenvalue weighted by Gasteiger charge is -2.39. The van der Waals surface area contributed by atoms with E-state index >= 15 is 0 Å². The van der Waals surface area contributed by atoms with E-state index in [0.717, 1.165) is 0 Å². The molecule has 0 bridgehead atoms. The SMILES string of the molecule is O=S(O)OC1NC(CO)[C@H](O)C(O)[C@@H]1O. The highest BCUT2D eigenvalue weighted by atomic mass is 32.2. The van der Waals surface area contributed by atoms with E-state index in [-0.39, 0.29) is 0 Å². The van der Waals surface area contributed by atoms with Crippen LogP contribution in [0.3, 0.4) is 0 Å². The minimum absolute atomic E-state index is 0.511. The van der Waals surface area contributed by atoms with Crippen molar-refractivity contribution in [2.24, 2.45) is 0 Å². The summed E-state index contributed by atoms with van der Waals surface area (Å²) < 4.78 is 23.1. The summed E-state index contributed by atoms with van der Waals surface area (Å²) in [5.41, 5.74) is 0. The van der Waals surface area contributed by atoms with Gasteiger partial charge in [-0.05, 0) is 0 Å². The van der Waals surface area contributed by atoms with E-state index in [9.17, 15) is 19.5 Å². The zero-order valence-corrected chi connectivity index (χ0v) is 8.37. The predicted molar refractivity (Wildman–Crippen MR) is 47.7 cm³/mol. The molecular formula is C6H13NO7S. The third-order valence-electron chi connectivity index (χ3n) is 2.18. The first-order chi connectivity index (χ1) is 6.97. The molecule has 1 heterocycles. The first-order valence-corrected chi connectivity index (χ1v) is 5.19. The lowest BCUT2D eigenvalue weighted by atomic mass is 9.95. The van der Waals surface area contributed by atoms with E-state index in [2.05, 4.69) is 9.50 Å². The van der Waals surface area contributed by atoms with Crippen molar-refractivity contribution in [3.63, 3.8) is 0 Å². The van der Waals surface area contributed by atoms with Crippen LogP contribution in [0, 0.1) is 0 Å². The van der Waals surface area contributed by atoms with Gasteiger partial charge in [-0.3, -0.25) is 9.87 Å². The van der Waals surface area contributed by atoms with Crippen molar-refractivity contribution in [2.45, 2.75) is 30.6 Å². The van der Waals surface area contributed by atoms with E-state index in [1.807, 2.05) is 0 Å². The molecule has 1 saturated heterocycles. The van der Waals surface area contributed by atoms with E-state index in [4.69, 9.17) is 9.66 Å². The van der Waals surface area contributed by atoms with Gasteiger partial charge in [-0.15, -0.1) is 0 Å². The fraction of sp³-hybridized carbons (Fsp3) is 1.00. The maximum Gasteiger partial charge on any atom is 0.303 e. The quantitative estimate of drug-likeness (QED) is 0.281. The van der Waals surface area contributed by atoms with Gasteiger partial charge in [-0.2, -0.15) is 4.21 Å². The largest absolute Gasteiger partial charge is 0.395 e. The van der Waals surface area contributed by atoms with Gasteiger partial charge < -0.3 is 20.4 Å². The maximum absolute atomic E-state index is 10.3. The number of hydrogen-bond acceptors (Lipinski definition) is 7. The first-order valence-electron chi connectivity index (χ1n) is 4.16. The molecule has 8 nitrogen and oxygen atoms in total. The molecule has 90 valence electrons. The van der Waals surface area contributed by atoms with Gasteiger partial charge >= 0.3 is 11.4 Å². The second kappa shape index (κ2) is 5.27. The first kappa shape index (κ1) is 12.9. The number of aliphatic hydroxyl groups excluding tert-OH is 4. The molecule has 0 spiro atoms. The molecule has 1 aliphatic rings. The van der Waals surface area contributed by atoms with Crippen LogP contribution in [-0.2, 0) is 15.5 Å². The van der Waals surface area contributed by atoms with Gasteiger partial charge in [0.2, 0.25) is 0 Å². The Labute approximate surface area is 88.0 Å². The summed E-state index contributed by atoms with van der Waals surface area (Å²) in [6.07, 6.45) is -5.82. The molecule has 4 unspecified atom stereocenters. The normalized spacial score (nSPS) is 43.9. The van der Waals surface area contributed by atoms with Gasteiger partial charge in [0.05, 0.1) is 12.6 Å². The van der Waals surface area contributed by atoms with E-state index < -0.39 is 48.5 Å². The fourth-order valence-corrected chi connectivity index (χ4v) is 1.71. The van der Waals surface area contributed by atoms with Gasteiger partial charge in [0, 0.05) is 0 Å². The zero-order chi connectivity index (χ0) is 11.6. The lowest BCUT2D eigenvalue weighted by Crippen LogP contribution is -2.66. The molecule has 0 aromatic rings. The Morgan fingerprint density at radius 1 is 1.20 bits per heavy atom. The third kappa shape index (κ3) is 2.92. The van der Waals surface area contributed by atoms with Crippen LogP contribution in [-0.4, -0.2) is 66.4 Å². The minimum Gasteiger partial charge on any atom is -0.395 e. The lowest BCUT2D eigenvalue weighted by molar-refractivity contribution is -0.153. The van der Waals surface area contributed by atoms with Gasteiger partial charge in [0.1, 0.15) is 18.3 Å². The van der Waals surface area contributed by atoms with Crippen LogP contribution in [0.15, 0.2) is 0 Å². The van der Waals surface area contributed by atoms with Crippen LogP contribution >= 0.6 is 0 Å². The molecule has 1 rings (SSSR count). The molecule has 0 saturated carbocycles. The number of rotatable bonds is 3. The Balaban J connectivity index is 2.69. The molecule has 0 aromatic carbocycles. The summed E-state index contributed by atoms with van der Waals surface area (Å²) in [4.78, 5) is 0. The Kier molecular flexibility index (Phi) is 4.55. The summed E-state index contributed by atoms with van der Waals surface area (Å²) in [5.74, 6) is 0. The van der Waals surface area contributed by atoms with Crippen molar-refractivity contribution >= 4 is 11.4 Å². The van der Waals surface area contributed by atoms with Crippen molar-refractivity contribution < 1.29 is 33.4 Å². The molecule has 15 heavy (non-hydrogen) atoms. The van der Waals surface area contributed by atoms with Gasteiger partial charge in [-0.25, -0.2) is 4.18 Å². The van der Waals surface area contributed by atoms with Gasteiger partial charge in [0.15, 0.2) is 6.23 Å². The predicted octanol–water partition coefficient (Wildman–Crippen LogP) is -3.49. The maximum atomic E-state index is 10.3. The average molecular weight is 243 g/mol. The second-order valence-corrected chi connectivity index (χ2v) is 3.79. The number of aliphatic hydroxyl groups is 4. The molecule has 6 atom stereocenters. The average Bonchev–Trinajstić information content (AvgIpc) is 2.18. The number of piperidine rings is 1. The zero-order valence-electron chi connectivity index (χ0n) is 7.55. The third-order valence-corrected chi connectivity index (χ3v) is 2.56. The highest BCUT2D eigenvalue weighted by Gasteiger charge is 2.43. The summed E-state index contributed by atoms with van der Waals surface area (Å²) in [7, 11) is 0. The summed E-state index contributed by atoms with van der Waals surface area (Å²) >= 11 is -2.62. The Hall–Kier alpha value is -0.130. The Morgan fingerprint density at radius 2 is 1.80 bits per heavy atom. The van der Waals surface area contributed by atoms with Crippen LogP contribution in [0.25, 0.3) is 0 Å². The summed E-state index contributed by atoms with van der Waals surface area (Å²) in [6, 6.07) is -0.933. The molecule has 0 aliphatic carbocycles. The van der Waals surface area contributed by atoms with Crippen molar-refractivity contribution in [3.8, 4) is 0 Å². The summed E-state index contributed by atoms with van der Waals surface area (Å²) in [6.45, 7) is -0.511. The minimum atomic E-state index is -2.62. The van der Waals surface area contributed by atoms with Crippen LogP contribution in [0.4, 0.5) is 0 Å². The standard InChI is InChI=1S/C6H13NO7S/c8-1-2-3(9)4(10)5(11)6(7-2)14-15(12)13/h2-11H,1H2,(H,12,13)/t2?,3-,4?,5-,6?/m0/s1. The fourth-order valence-electron chi connectivity index (χ4n) is 1.36.